The highest BCUT2D eigenvalue weighted by Crippen LogP contribution is 2.21. The van der Waals surface area contributed by atoms with Gasteiger partial charge in [0.2, 0.25) is 0 Å². The number of furan rings is 1. The van der Waals surface area contributed by atoms with Crippen molar-refractivity contribution >= 4 is 22.7 Å². The molecule has 0 aliphatic rings. The molecule has 0 bridgehead atoms. The molecule has 0 saturated heterocycles. The Hall–Kier alpha value is -2.89. The number of rotatable bonds is 4. The van der Waals surface area contributed by atoms with Gasteiger partial charge in [0, 0.05) is 17.5 Å². The molecular formula is C14H11N3O3. The fraction of sp³-hybridized carbons (Fsp3) is 0.0714. The topological polar surface area (TPSA) is 88.2 Å². The van der Waals surface area contributed by atoms with Crippen LogP contribution in [0.15, 0.2) is 47.5 Å². The number of carboxylic acid groups (broad SMARTS) is 1. The van der Waals surface area contributed by atoms with Gasteiger partial charge >= 0.3 is 5.97 Å². The predicted octanol–water partition coefficient (Wildman–Crippen LogP) is 2.53. The number of hydrogen-bond acceptors (Lipinski definition) is 5. The molecule has 6 nitrogen and oxygen atoms in total. The highest BCUT2D eigenvalue weighted by atomic mass is 16.4. The molecule has 0 fully saturated rings. The van der Waals surface area contributed by atoms with Crippen LogP contribution >= 0.6 is 0 Å². The number of aromatic carboxylic acids is 1. The van der Waals surface area contributed by atoms with Crippen LogP contribution in [0.1, 0.15) is 15.9 Å². The number of benzene rings is 1. The average Bonchev–Trinajstić information content (AvgIpc) is 2.97. The summed E-state index contributed by atoms with van der Waals surface area (Å²) in [6.07, 6.45) is 4.67. The molecule has 20 heavy (non-hydrogen) atoms. The number of carboxylic acids is 1. The third kappa shape index (κ3) is 2.31. The smallest absolute Gasteiger partial charge is 0.335 e. The summed E-state index contributed by atoms with van der Waals surface area (Å²) in [5.74, 6) is -0.313. The summed E-state index contributed by atoms with van der Waals surface area (Å²) >= 11 is 0. The molecule has 2 N–H and O–H groups in total. The molecule has 0 radical (unpaired) electrons. The Morgan fingerprint density at radius 1 is 1.30 bits per heavy atom. The van der Waals surface area contributed by atoms with Gasteiger partial charge in [-0.1, -0.05) is 0 Å². The van der Waals surface area contributed by atoms with E-state index in [4.69, 9.17) is 9.52 Å². The first-order valence-electron chi connectivity index (χ1n) is 5.97. The summed E-state index contributed by atoms with van der Waals surface area (Å²) in [6.45, 7) is 0.573. The largest absolute Gasteiger partial charge is 0.478 e. The second kappa shape index (κ2) is 5.00. The van der Waals surface area contributed by atoms with Crippen LogP contribution in [-0.2, 0) is 6.54 Å². The Balaban J connectivity index is 1.93. The van der Waals surface area contributed by atoms with Gasteiger partial charge < -0.3 is 14.8 Å². The number of nitrogens with zero attached hydrogens (tertiary/aromatic N) is 2. The van der Waals surface area contributed by atoms with Crippen molar-refractivity contribution < 1.29 is 14.3 Å². The van der Waals surface area contributed by atoms with Gasteiger partial charge in [-0.3, -0.25) is 0 Å². The third-order valence-electron chi connectivity index (χ3n) is 2.92. The molecule has 0 amide bonds. The van der Waals surface area contributed by atoms with Crippen molar-refractivity contribution in [3.8, 4) is 0 Å². The molecule has 1 aromatic carbocycles. The highest BCUT2D eigenvalue weighted by molar-refractivity contribution is 5.96. The van der Waals surface area contributed by atoms with Crippen molar-refractivity contribution in [2.24, 2.45) is 0 Å². The molecule has 0 atom stereocenters. The molecule has 0 aliphatic heterocycles. The third-order valence-corrected chi connectivity index (χ3v) is 2.92. The molecular weight excluding hydrogens is 258 g/mol. The number of aromatic nitrogens is 2. The lowest BCUT2D eigenvalue weighted by molar-refractivity contribution is 0.0697. The fourth-order valence-electron chi connectivity index (χ4n) is 1.91. The van der Waals surface area contributed by atoms with Crippen LogP contribution in [-0.4, -0.2) is 21.0 Å². The second-order valence-corrected chi connectivity index (χ2v) is 4.24. The Kier molecular flexibility index (Phi) is 3.04. The zero-order valence-electron chi connectivity index (χ0n) is 10.4. The van der Waals surface area contributed by atoms with E-state index in [0.29, 0.717) is 17.9 Å². The first-order valence-corrected chi connectivity index (χ1v) is 5.97. The molecule has 6 heteroatoms. The maximum atomic E-state index is 10.9. The standard InChI is InChI=1S/C14H11N3O3/c18-14(19)10-1-2-11-12(5-10)16-8-17-13(11)15-6-9-3-4-20-7-9/h1-5,7-8H,6H2,(H,18,19)(H,15,16,17). The van der Waals surface area contributed by atoms with Gasteiger partial charge in [-0.2, -0.15) is 0 Å². The molecule has 3 rings (SSSR count). The van der Waals surface area contributed by atoms with Crippen molar-refractivity contribution in [3.63, 3.8) is 0 Å². The molecule has 0 aliphatic carbocycles. The molecule has 2 heterocycles. The fourth-order valence-corrected chi connectivity index (χ4v) is 1.91. The Morgan fingerprint density at radius 2 is 2.20 bits per heavy atom. The zero-order chi connectivity index (χ0) is 13.9. The lowest BCUT2D eigenvalue weighted by Gasteiger charge is -2.07. The summed E-state index contributed by atoms with van der Waals surface area (Å²) in [6, 6.07) is 6.63. The summed E-state index contributed by atoms with van der Waals surface area (Å²) in [5.41, 5.74) is 1.80. The van der Waals surface area contributed by atoms with Crippen LogP contribution in [0, 0.1) is 0 Å². The van der Waals surface area contributed by atoms with Crippen molar-refractivity contribution in [1.29, 1.82) is 0 Å². The van der Waals surface area contributed by atoms with E-state index in [0.717, 1.165) is 10.9 Å². The molecule has 3 aromatic rings. The first kappa shape index (κ1) is 12.2. The summed E-state index contributed by atoms with van der Waals surface area (Å²) in [7, 11) is 0. The maximum Gasteiger partial charge on any atom is 0.335 e. The first-order chi connectivity index (χ1) is 9.74. The minimum Gasteiger partial charge on any atom is -0.478 e. The Labute approximate surface area is 114 Å². The SMILES string of the molecule is O=C(O)c1ccc2c(NCc3ccoc3)ncnc2c1. The minimum absolute atomic E-state index is 0.206. The van der Waals surface area contributed by atoms with Crippen molar-refractivity contribution in [2.75, 3.05) is 5.32 Å². The van der Waals surface area contributed by atoms with E-state index in [9.17, 15) is 4.79 Å². The monoisotopic (exact) mass is 269 g/mol. The Morgan fingerprint density at radius 3 is 2.95 bits per heavy atom. The molecule has 0 saturated carbocycles. The summed E-state index contributed by atoms with van der Waals surface area (Å²) < 4.78 is 4.99. The second-order valence-electron chi connectivity index (χ2n) is 4.24. The number of carbonyl (C=O) groups is 1. The van der Waals surface area contributed by atoms with Crippen LogP contribution in [0.3, 0.4) is 0 Å². The number of anilines is 1. The molecule has 2 aromatic heterocycles. The van der Waals surface area contributed by atoms with Gasteiger partial charge in [-0.05, 0) is 24.3 Å². The number of nitrogens with one attached hydrogen (secondary N) is 1. The maximum absolute atomic E-state index is 10.9. The van der Waals surface area contributed by atoms with Gasteiger partial charge in [0.1, 0.15) is 12.1 Å². The van der Waals surface area contributed by atoms with E-state index in [1.54, 1.807) is 18.6 Å². The summed E-state index contributed by atoms with van der Waals surface area (Å²) in [5, 5.41) is 12.9. The van der Waals surface area contributed by atoms with Crippen LogP contribution in [0.2, 0.25) is 0 Å². The lowest BCUT2D eigenvalue weighted by atomic mass is 10.1. The van der Waals surface area contributed by atoms with Crippen LogP contribution in [0.25, 0.3) is 10.9 Å². The van der Waals surface area contributed by atoms with Gasteiger partial charge in [0.05, 0.1) is 23.6 Å². The van der Waals surface area contributed by atoms with E-state index in [2.05, 4.69) is 15.3 Å². The van der Waals surface area contributed by atoms with Gasteiger partial charge in [0.15, 0.2) is 0 Å². The van der Waals surface area contributed by atoms with E-state index in [1.165, 1.54) is 18.5 Å². The minimum atomic E-state index is -0.974. The zero-order valence-corrected chi connectivity index (χ0v) is 10.4. The van der Waals surface area contributed by atoms with Crippen molar-refractivity contribution in [2.45, 2.75) is 6.54 Å². The van der Waals surface area contributed by atoms with E-state index >= 15 is 0 Å². The molecule has 0 spiro atoms. The van der Waals surface area contributed by atoms with Crippen LogP contribution < -0.4 is 5.32 Å². The summed E-state index contributed by atoms with van der Waals surface area (Å²) in [4.78, 5) is 19.2. The average molecular weight is 269 g/mol. The van der Waals surface area contributed by atoms with E-state index in [-0.39, 0.29) is 5.56 Å². The van der Waals surface area contributed by atoms with Crippen LogP contribution in [0.5, 0.6) is 0 Å². The van der Waals surface area contributed by atoms with Crippen molar-refractivity contribution in [1.82, 2.24) is 9.97 Å². The normalized spacial score (nSPS) is 10.6. The van der Waals surface area contributed by atoms with Crippen molar-refractivity contribution in [3.05, 3.63) is 54.2 Å². The van der Waals surface area contributed by atoms with Crippen LogP contribution in [0.4, 0.5) is 5.82 Å². The molecule has 100 valence electrons. The predicted molar refractivity (Wildman–Crippen MR) is 72.5 cm³/mol. The quantitative estimate of drug-likeness (QED) is 0.756. The number of fused-ring (bicyclic) bond motifs is 1. The Bertz CT molecular complexity index is 753. The van der Waals surface area contributed by atoms with Gasteiger partial charge in [0.25, 0.3) is 0 Å². The highest BCUT2D eigenvalue weighted by Gasteiger charge is 2.08. The molecule has 0 unspecified atom stereocenters. The van der Waals surface area contributed by atoms with Gasteiger partial charge in [-0.25, -0.2) is 14.8 Å². The van der Waals surface area contributed by atoms with E-state index in [1.807, 2.05) is 6.07 Å². The van der Waals surface area contributed by atoms with Gasteiger partial charge in [-0.15, -0.1) is 0 Å². The lowest BCUT2D eigenvalue weighted by Crippen LogP contribution is -2.02. The van der Waals surface area contributed by atoms with E-state index < -0.39 is 5.97 Å². The number of hydrogen-bond donors (Lipinski definition) is 2.